The summed E-state index contributed by atoms with van der Waals surface area (Å²) in [6, 6.07) is -0.266. The van der Waals surface area contributed by atoms with E-state index in [-0.39, 0.29) is 22.9 Å². The summed E-state index contributed by atoms with van der Waals surface area (Å²) in [4.78, 5) is 4.74. The lowest BCUT2D eigenvalue weighted by molar-refractivity contribution is 0.184. The van der Waals surface area contributed by atoms with E-state index in [2.05, 4.69) is 19.9 Å². The molecule has 4 rings (SSSR count). The highest BCUT2D eigenvalue weighted by molar-refractivity contribution is 7.89. The van der Waals surface area contributed by atoms with Crippen molar-refractivity contribution in [3.8, 4) is 0 Å². The predicted molar refractivity (Wildman–Crippen MR) is 93.1 cm³/mol. The summed E-state index contributed by atoms with van der Waals surface area (Å²) >= 11 is 0. The number of fused-ring (bicyclic) bond motifs is 1. The third-order valence-corrected chi connectivity index (χ3v) is 6.30. The van der Waals surface area contributed by atoms with Crippen LogP contribution < -0.4 is 4.72 Å². The fraction of sp³-hybridized carbons (Fsp3) is 0.688. The van der Waals surface area contributed by atoms with Gasteiger partial charge in [-0.25, -0.2) is 22.8 Å². The molecule has 2 aliphatic heterocycles. The number of nitrogens with one attached hydrogen (secondary N) is 1. The number of aryl methyl sites for hydroxylation is 1. The Morgan fingerprint density at radius 1 is 1.35 bits per heavy atom. The maximum atomic E-state index is 12.8. The number of sulfonamides is 1. The second kappa shape index (κ2) is 6.75. The van der Waals surface area contributed by atoms with E-state index in [1.165, 1.54) is 6.20 Å². The zero-order chi connectivity index (χ0) is 18.3. The standard InChI is InChI=1S/C16H24N6O3S/c1-11(2)15-18-16-14(4-3-6-21(16)19-15)20-26(23,24)13-8-17-22(9-13)12-5-7-25-10-12/h8-9,11-12,14,20H,3-7,10H2,1-2H3/t12-,14+/m0/s1. The van der Waals surface area contributed by atoms with Gasteiger partial charge in [-0.3, -0.25) is 4.68 Å². The molecule has 0 saturated carbocycles. The molecule has 1 saturated heterocycles. The smallest absolute Gasteiger partial charge is 0.244 e. The number of hydrogen-bond acceptors (Lipinski definition) is 6. The van der Waals surface area contributed by atoms with E-state index in [1.54, 1.807) is 10.9 Å². The van der Waals surface area contributed by atoms with Gasteiger partial charge >= 0.3 is 0 Å². The molecule has 0 amide bonds. The molecule has 0 radical (unpaired) electrons. The topological polar surface area (TPSA) is 104 Å². The summed E-state index contributed by atoms with van der Waals surface area (Å²) in [5, 5.41) is 8.71. The Morgan fingerprint density at radius 2 is 2.19 bits per heavy atom. The van der Waals surface area contributed by atoms with Crippen LogP contribution in [0.4, 0.5) is 0 Å². The van der Waals surface area contributed by atoms with E-state index in [4.69, 9.17) is 4.74 Å². The lowest BCUT2D eigenvalue weighted by Crippen LogP contribution is -2.33. The largest absolute Gasteiger partial charge is 0.379 e. The maximum Gasteiger partial charge on any atom is 0.244 e. The van der Waals surface area contributed by atoms with Crippen LogP contribution in [0.1, 0.15) is 62.8 Å². The molecule has 0 unspecified atom stereocenters. The summed E-state index contributed by atoms with van der Waals surface area (Å²) in [5.41, 5.74) is 0. The molecule has 2 aliphatic rings. The van der Waals surface area contributed by atoms with Gasteiger partial charge in [-0.15, -0.1) is 0 Å². The van der Waals surface area contributed by atoms with Crippen molar-refractivity contribution in [3.63, 3.8) is 0 Å². The Balaban J connectivity index is 1.55. The Bertz CT molecular complexity index is 882. The normalized spacial score (nSPS) is 23.5. The van der Waals surface area contributed by atoms with Crippen molar-refractivity contribution in [3.05, 3.63) is 24.0 Å². The molecule has 2 aromatic heterocycles. The molecule has 4 heterocycles. The molecule has 9 nitrogen and oxygen atoms in total. The van der Waals surface area contributed by atoms with E-state index < -0.39 is 10.0 Å². The fourth-order valence-corrected chi connectivity index (χ4v) is 4.54. The number of hydrogen-bond donors (Lipinski definition) is 1. The first-order valence-electron chi connectivity index (χ1n) is 9.03. The summed E-state index contributed by atoms with van der Waals surface area (Å²) in [6.45, 7) is 6.08. The molecule has 0 bridgehead atoms. The minimum absolute atomic E-state index is 0.102. The Morgan fingerprint density at radius 3 is 2.92 bits per heavy atom. The highest BCUT2D eigenvalue weighted by Crippen LogP contribution is 2.27. The van der Waals surface area contributed by atoms with Crippen molar-refractivity contribution in [2.45, 2.75) is 62.6 Å². The van der Waals surface area contributed by atoms with Gasteiger partial charge in [0.05, 0.1) is 24.9 Å². The van der Waals surface area contributed by atoms with Gasteiger partial charge in [0.25, 0.3) is 0 Å². The third kappa shape index (κ3) is 3.28. The van der Waals surface area contributed by atoms with Crippen LogP contribution in [0.15, 0.2) is 17.3 Å². The molecule has 0 aliphatic carbocycles. The van der Waals surface area contributed by atoms with Crippen LogP contribution >= 0.6 is 0 Å². The maximum absolute atomic E-state index is 12.8. The highest BCUT2D eigenvalue weighted by atomic mass is 32.2. The summed E-state index contributed by atoms with van der Waals surface area (Å²) in [5.74, 6) is 1.65. The fourth-order valence-electron chi connectivity index (χ4n) is 3.37. The zero-order valence-corrected chi connectivity index (χ0v) is 15.8. The first-order chi connectivity index (χ1) is 12.4. The van der Waals surface area contributed by atoms with Crippen molar-refractivity contribution in [2.75, 3.05) is 13.2 Å². The molecule has 10 heteroatoms. The van der Waals surface area contributed by atoms with Crippen molar-refractivity contribution >= 4 is 10.0 Å². The molecular weight excluding hydrogens is 356 g/mol. The second-order valence-electron chi connectivity index (χ2n) is 7.20. The van der Waals surface area contributed by atoms with Crippen molar-refractivity contribution in [2.24, 2.45) is 0 Å². The van der Waals surface area contributed by atoms with Crippen LogP contribution in [0.25, 0.3) is 0 Å². The van der Waals surface area contributed by atoms with Crippen LogP contribution in [-0.2, 0) is 21.3 Å². The van der Waals surface area contributed by atoms with Gasteiger partial charge in [-0.05, 0) is 19.3 Å². The summed E-state index contributed by atoms with van der Waals surface area (Å²) in [6.07, 6.45) is 5.39. The SMILES string of the molecule is CC(C)c1nc2n(n1)CCC[C@H]2NS(=O)(=O)c1cnn([C@H]2CCOC2)c1. The first-order valence-corrected chi connectivity index (χ1v) is 10.5. The third-order valence-electron chi connectivity index (χ3n) is 4.87. The van der Waals surface area contributed by atoms with Crippen molar-refractivity contribution in [1.29, 1.82) is 0 Å². The molecule has 2 atom stereocenters. The van der Waals surface area contributed by atoms with Crippen LogP contribution in [-0.4, -0.2) is 46.2 Å². The quantitative estimate of drug-likeness (QED) is 0.840. The van der Waals surface area contributed by atoms with Crippen LogP contribution in [0.3, 0.4) is 0 Å². The molecule has 2 aromatic rings. The molecule has 0 aromatic carbocycles. The van der Waals surface area contributed by atoms with Gasteiger partial charge in [0, 0.05) is 25.3 Å². The lowest BCUT2D eigenvalue weighted by atomic mass is 10.1. The molecule has 0 spiro atoms. The lowest BCUT2D eigenvalue weighted by Gasteiger charge is -2.22. The van der Waals surface area contributed by atoms with Crippen molar-refractivity contribution < 1.29 is 13.2 Å². The second-order valence-corrected chi connectivity index (χ2v) is 8.91. The molecule has 1 N–H and O–H groups in total. The molecule has 1 fully saturated rings. The van der Waals surface area contributed by atoms with Gasteiger partial charge in [-0.2, -0.15) is 10.2 Å². The number of rotatable bonds is 5. The zero-order valence-electron chi connectivity index (χ0n) is 15.0. The van der Waals surface area contributed by atoms with Crippen LogP contribution in [0.5, 0.6) is 0 Å². The Labute approximate surface area is 152 Å². The van der Waals surface area contributed by atoms with E-state index in [1.807, 2.05) is 18.5 Å². The minimum atomic E-state index is -3.68. The molecule has 26 heavy (non-hydrogen) atoms. The van der Waals surface area contributed by atoms with Gasteiger partial charge < -0.3 is 4.74 Å². The number of nitrogens with zero attached hydrogens (tertiary/aromatic N) is 5. The van der Waals surface area contributed by atoms with Gasteiger partial charge in [0.15, 0.2) is 5.82 Å². The highest BCUT2D eigenvalue weighted by Gasteiger charge is 2.30. The first kappa shape index (κ1) is 17.6. The predicted octanol–water partition coefficient (Wildman–Crippen LogP) is 1.37. The van der Waals surface area contributed by atoms with Gasteiger partial charge in [0.1, 0.15) is 10.7 Å². The van der Waals surface area contributed by atoms with Crippen LogP contribution in [0, 0.1) is 0 Å². The molecule has 142 valence electrons. The van der Waals surface area contributed by atoms with E-state index in [0.29, 0.717) is 25.5 Å². The Kier molecular flexibility index (Phi) is 4.57. The minimum Gasteiger partial charge on any atom is -0.379 e. The summed E-state index contributed by atoms with van der Waals surface area (Å²) < 4.78 is 37.3. The van der Waals surface area contributed by atoms with Gasteiger partial charge in [-0.1, -0.05) is 13.8 Å². The average Bonchev–Trinajstić information content (AvgIpc) is 3.33. The summed E-state index contributed by atoms with van der Waals surface area (Å²) in [7, 11) is -3.68. The number of aromatic nitrogens is 5. The van der Waals surface area contributed by atoms with Crippen molar-refractivity contribution in [1.82, 2.24) is 29.3 Å². The van der Waals surface area contributed by atoms with Crippen LogP contribution in [0.2, 0.25) is 0 Å². The number of ether oxygens (including phenoxy) is 1. The monoisotopic (exact) mass is 380 g/mol. The molecular formula is C16H24N6O3S. The Hall–Kier alpha value is -1.78. The van der Waals surface area contributed by atoms with E-state index in [9.17, 15) is 8.42 Å². The van der Waals surface area contributed by atoms with E-state index in [0.717, 1.165) is 25.2 Å². The van der Waals surface area contributed by atoms with E-state index >= 15 is 0 Å². The van der Waals surface area contributed by atoms with Gasteiger partial charge in [0.2, 0.25) is 10.0 Å². The average molecular weight is 380 g/mol.